The molecule has 19 heavy (non-hydrogen) atoms. The number of carbonyl (C=O) groups is 1. The summed E-state index contributed by atoms with van der Waals surface area (Å²) in [5.41, 5.74) is 6.62. The van der Waals surface area contributed by atoms with Crippen LogP contribution in [-0.2, 0) is 9.53 Å². The topological polar surface area (TPSA) is 76.7 Å². The molecule has 0 saturated heterocycles. The summed E-state index contributed by atoms with van der Waals surface area (Å²) in [5, 5.41) is 2.97. The summed E-state index contributed by atoms with van der Waals surface area (Å²) >= 11 is 0. The van der Waals surface area contributed by atoms with E-state index >= 15 is 0 Å². The van der Waals surface area contributed by atoms with Gasteiger partial charge in [-0.05, 0) is 39.0 Å². The molecule has 1 aliphatic carbocycles. The fourth-order valence-corrected chi connectivity index (χ4v) is 1.98. The minimum atomic E-state index is -0.105. The fourth-order valence-electron chi connectivity index (χ4n) is 1.98. The first-order valence-corrected chi connectivity index (χ1v) is 6.95. The Morgan fingerprint density at radius 1 is 1.47 bits per heavy atom. The van der Waals surface area contributed by atoms with Crippen molar-refractivity contribution in [1.82, 2.24) is 5.32 Å². The average Bonchev–Trinajstić information content (AvgIpc) is 2.85. The largest absolute Gasteiger partial charge is 0.462 e. The Kier molecular flexibility index (Phi) is 7.00. The maximum atomic E-state index is 11.5. The number of rotatable bonds is 7. The van der Waals surface area contributed by atoms with Gasteiger partial charge in [-0.25, -0.2) is 4.99 Å². The molecule has 1 aliphatic rings. The van der Waals surface area contributed by atoms with Crippen LogP contribution in [0.4, 0.5) is 0 Å². The van der Waals surface area contributed by atoms with Crippen LogP contribution in [-0.4, -0.2) is 31.1 Å². The summed E-state index contributed by atoms with van der Waals surface area (Å²) in [6, 6.07) is 0. The number of nitrogens with zero attached hydrogens (tertiary/aromatic N) is 1. The van der Waals surface area contributed by atoms with Crippen molar-refractivity contribution in [3.05, 3.63) is 12.2 Å². The molecule has 0 aromatic carbocycles. The molecule has 108 valence electrons. The number of nitrogens with one attached hydrogen (secondary N) is 1. The van der Waals surface area contributed by atoms with E-state index in [1.165, 1.54) is 12.8 Å². The molecule has 0 aromatic heterocycles. The molecule has 1 saturated carbocycles. The molecule has 0 bridgehead atoms. The molecule has 0 aromatic rings. The van der Waals surface area contributed by atoms with Gasteiger partial charge < -0.3 is 15.8 Å². The van der Waals surface area contributed by atoms with Crippen LogP contribution in [0.25, 0.3) is 0 Å². The zero-order chi connectivity index (χ0) is 14.1. The lowest BCUT2D eigenvalue weighted by Gasteiger charge is -2.11. The predicted octanol–water partition coefficient (Wildman–Crippen LogP) is 1.73. The minimum Gasteiger partial charge on any atom is -0.462 e. The third-order valence-corrected chi connectivity index (χ3v) is 2.98. The first-order chi connectivity index (χ1) is 9.08. The predicted molar refractivity (Wildman–Crippen MR) is 76.9 cm³/mol. The molecule has 3 N–H and O–H groups in total. The zero-order valence-corrected chi connectivity index (χ0v) is 11.8. The number of hydrogen-bond donors (Lipinski definition) is 2. The smallest absolute Gasteiger partial charge is 0.306 e. The van der Waals surface area contributed by atoms with E-state index in [2.05, 4.69) is 16.9 Å². The highest BCUT2D eigenvalue weighted by Crippen LogP contribution is 2.21. The first kappa shape index (κ1) is 15.5. The van der Waals surface area contributed by atoms with Crippen LogP contribution >= 0.6 is 0 Å². The number of aliphatic imine (C=N–C) groups is 1. The Morgan fingerprint density at radius 3 is 2.79 bits per heavy atom. The van der Waals surface area contributed by atoms with Crippen LogP contribution in [0.1, 0.15) is 45.4 Å². The van der Waals surface area contributed by atoms with E-state index in [4.69, 9.17) is 10.5 Å². The second-order valence-electron chi connectivity index (χ2n) is 5.09. The minimum absolute atomic E-state index is 0.105. The highest BCUT2D eigenvalue weighted by molar-refractivity contribution is 5.78. The molecule has 0 atom stereocenters. The molecule has 5 heteroatoms. The maximum absolute atomic E-state index is 11.5. The van der Waals surface area contributed by atoms with Gasteiger partial charge in [0.05, 0.1) is 6.54 Å². The van der Waals surface area contributed by atoms with Crippen LogP contribution in [0, 0.1) is 0 Å². The van der Waals surface area contributed by atoms with E-state index in [9.17, 15) is 4.79 Å². The lowest BCUT2D eigenvalue weighted by molar-refractivity contribution is -0.148. The fraction of sp³-hybridized carbons (Fsp3) is 0.714. The highest BCUT2D eigenvalue weighted by atomic mass is 16.5. The highest BCUT2D eigenvalue weighted by Gasteiger charge is 2.18. The molecule has 5 nitrogen and oxygen atoms in total. The summed E-state index contributed by atoms with van der Waals surface area (Å²) in [5.74, 6) is 0.290. The van der Waals surface area contributed by atoms with Gasteiger partial charge in [-0.3, -0.25) is 4.79 Å². The number of guanidine groups is 1. The average molecular weight is 267 g/mol. The van der Waals surface area contributed by atoms with Crippen LogP contribution in [0.15, 0.2) is 17.1 Å². The number of hydrogen-bond acceptors (Lipinski definition) is 3. The Hall–Kier alpha value is -1.52. The molecule has 0 unspecified atom stereocenters. The lowest BCUT2D eigenvalue weighted by Crippen LogP contribution is -2.33. The monoisotopic (exact) mass is 267 g/mol. The van der Waals surface area contributed by atoms with Crippen molar-refractivity contribution in [2.75, 3.05) is 13.1 Å². The molecular weight excluding hydrogens is 242 g/mol. The SMILES string of the molecule is C=C(C)CN=C(N)NCCCC(=O)OC1CCCC1. The van der Waals surface area contributed by atoms with Crippen molar-refractivity contribution in [2.45, 2.75) is 51.6 Å². The molecular formula is C14H25N3O2. The van der Waals surface area contributed by atoms with Gasteiger partial charge in [0.15, 0.2) is 5.96 Å². The third-order valence-electron chi connectivity index (χ3n) is 2.98. The molecule has 0 aliphatic heterocycles. The van der Waals surface area contributed by atoms with Gasteiger partial charge in [0.25, 0.3) is 0 Å². The quantitative estimate of drug-likeness (QED) is 0.242. The van der Waals surface area contributed by atoms with Gasteiger partial charge in [0.1, 0.15) is 6.10 Å². The summed E-state index contributed by atoms with van der Waals surface area (Å²) in [4.78, 5) is 15.6. The van der Waals surface area contributed by atoms with Gasteiger partial charge in [0, 0.05) is 13.0 Å². The van der Waals surface area contributed by atoms with Gasteiger partial charge >= 0.3 is 5.97 Å². The van der Waals surface area contributed by atoms with E-state index in [1.807, 2.05) is 6.92 Å². The van der Waals surface area contributed by atoms with E-state index in [0.29, 0.717) is 31.9 Å². The Bertz CT molecular complexity index is 334. The van der Waals surface area contributed by atoms with E-state index in [0.717, 1.165) is 18.4 Å². The van der Waals surface area contributed by atoms with E-state index in [-0.39, 0.29) is 12.1 Å². The van der Waals surface area contributed by atoms with Gasteiger partial charge in [-0.15, -0.1) is 0 Å². The van der Waals surface area contributed by atoms with Crippen molar-refractivity contribution in [2.24, 2.45) is 10.7 Å². The second kappa shape index (κ2) is 8.56. The standard InChI is InChI=1S/C14H25N3O2/c1-11(2)10-17-14(15)16-9-5-8-13(18)19-12-6-3-4-7-12/h12H,1,3-10H2,2H3,(H3,15,16,17). The molecule has 1 fully saturated rings. The Labute approximate surface area is 115 Å². The van der Waals surface area contributed by atoms with Crippen LogP contribution in [0.2, 0.25) is 0 Å². The Morgan fingerprint density at radius 2 is 2.16 bits per heavy atom. The summed E-state index contributed by atoms with van der Waals surface area (Å²) < 4.78 is 5.36. The van der Waals surface area contributed by atoms with Crippen molar-refractivity contribution in [3.8, 4) is 0 Å². The van der Waals surface area contributed by atoms with Crippen molar-refractivity contribution < 1.29 is 9.53 Å². The second-order valence-corrected chi connectivity index (χ2v) is 5.09. The molecule has 0 amide bonds. The number of carbonyl (C=O) groups excluding carboxylic acids is 1. The summed E-state index contributed by atoms with van der Waals surface area (Å²) in [7, 11) is 0. The van der Waals surface area contributed by atoms with Gasteiger partial charge in [-0.1, -0.05) is 12.2 Å². The van der Waals surface area contributed by atoms with Crippen molar-refractivity contribution >= 4 is 11.9 Å². The number of esters is 1. The van der Waals surface area contributed by atoms with Gasteiger partial charge in [-0.2, -0.15) is 0 Å². The van der Waals surface area contributed by atoms with Gasteiger partial charge in [0.2, 0.25) is 0 Å². The lowest BCUT2D eigenvalue weighted by atomic mass is 10.3. The normalized spacial score (nSPS) is 16.4. The van der Waals surface area contributed by atoms with Crippen LogP contribution in [0.3, 0.4) is 0 Å². The van der Waals surface area contributed by atoms with Crippen molar-refractivity contribution in [1.29, 1.82) is 0 Å². The molecule has 1 rings (SSSR count). The summed E-state index contributed by atoms with van der Waals surface area (Å²) in [6.07, 6.45) is 5.67. The van der Waals surface area contributed by atoms with Crippen LogP contribution < -0.4 is 11.1 Å². The van der Waals surface area contributed by atoms with E-state index < -0.39 is 0 Å². The maximum Gasteiger partial charge on any atom is 0.306 e. The third kappa shape index (κ3) is 7.49. The van der Waals surface area contributed by atoms with Crippen molar-refractivity contribution in [3.63, 3.8) is 0 Å². The molecule has 0 spiro atoms. The zero-order valence-electron chi connectivity index (χ0n) is 11.8. The molecule has 0 radical (unpaired) electrons. The summed E-state index contributed by atoms with van der Waals surface area (Å²) in [6.45, 7) is 6.80. The van der Waals surface area contributed by atoms with Crippen LogP contribution in [0.5, 0.6) is 0 Å². The van der Waals surface area contributed by atoms with E-state index in [1.54, 1.807) is 0 Å². The number of nitrogens with two attached hydrogens (primary N) is 1. The molecule has 0 heterocycles. The first-order valence-electron chi connectivity index (χ1n) is 6.95. The Balaban J connectivity index is 2.04. The number of ether oxygens (including phenoxy) is 1.